The summed E-state index contributed by atoms with van der Waals surface area (Å²) in [7, 11) is 0. The van der Waals surface area contributed by atoms with Crippen LogP contribution in [0.5, 0.6) is 0 Å². The largest absolute Gasteiger partial charge is 0.374 e. The summed E-state index contributed by atoms with van der Waals surface area (Å²) < 4.78 is 0. The van der Waals surface area contributed by atoms with Gasteiger partial charge in [-0.1, -0.05) is 66.7 Å². The second-order valence-corrected chi connectivity index (χ2v) is 6.67. The maximum Gasteiger partial charge on any atom is 0.0772 e. The van der Waals surface area contributed by atoms with Gasteiger partial charge in [0.05, 0.1) is 5.54 Å². The third kappa shape index (κ3) is 2.76. The van der Waals surface area contributed by atoms with E-state index in [1.54, 1.807) is 0 Å². The molecule has 120 valence electrons. The monoisotopic (exact) mass is 314 g/mol. The fraction of sp³-hybridized carbons (Fsp3) is 0.182. The molecule has 1 N–H and O–H groups in total. The van der Waals surface area contributed by atoms with Gasteiger partial charge in [-0.05, 0) is 36.2 Å². The van der Waals surface area contributed by atoms with Crippen molar-refractivity contribution in [2.24, 2.45) is 0 Å². The predicted octanol–water partition coefficient (Wildman–Crippen LogP) is 5.03. The first kappa shape index (κ1) is 14.8. The minimum Gasteiger partial charge on any atom is -0.374 e. The molecule has 0 aliphatic carbocycles. The third-order valence-electron chi connectivity index (χ3n) is 4.83. The maximum atomic E-state index is 3.81. The lowest BCUT2D eigenvalue weighted by molar-refractivity contribution is 0.535. The van der Waals surface area contributed by atoms with E-state index >= 15 is 0 Å². The van der Waals surface area contributed by atoms with Crippen molar-refractivity contribution in [3.05, 3.63) is 96.1 Å². The van der Waals surface area contributed by atoms with E-state index in [0.717, 1.165) is 13.1 Å². The summed E-state index contributed by atoms with van der Waals surface area (Å²) in [6, 6.07) is 30.0. The molecule has 0 saturated carbocycles. The van der Waals surface area contributed by atoms with Crippen molar-refractivity contribution in [1.82, 2.24) is 0 Å². The van der Waals surface area contributed by atoms with E-state index in [9.17, 15) is 0 Å². The number of hydrogen-bond acceptors (Lipinski definition) is 2. The van der Waals surface area contributed by atoms with Crippen LogP contribution in [0.2, 0.25) is 0 Å². The quantitative estimate of drug-likeness (QED) is 0.713. The molecule has 0 aromatic heterocycles. The van der Waals surface area contributed by atoms with Crippen LogP contribution >= 0.6 is 0 Å². The van der Waals surface area contributed by atoms with Crippen LogP contribution < -0.4 is 10.2 Å². The summed E-state index contributed by atoms with van der Waals surface area (Å²) in [6.07, 6.45) is 0. The summed E-state index contributed by atoms with van der Waals surface area (Å²) in [5.41, 5.74) is 4.98. The number of benzene rings is 3. The number of fused-ring (bicyclic) bond motifs is 1. The van der Waals surface area contributed by atoms with Crippen LogP contribution in [0.4, 0.5) is 11.4 Å². The van der Waals surface area contributed by atoms with Gasteiger partial charge in [0, 0.05) is 24.5 Å². The Kier molecular flexibility index (Phi) is 3.73. The van der Waals surface area contributed by atoms with E-state index in [4.69, 9.17) is 0 Å². The third-order valence-corrected chi connectivity index (χ3v) is 4.83. The molecule has 0 fully saturated rings. The van der Waals surface area contributed by atoms with Crippen LogP contribution in [0, 0.1) is 0 Å². The average molecular weight is 314 g/mol. The average Bonchev–Trinajstić information content (AvgIpc) is 2.80. The van der Waals surface area contributed by atoms with Crippen LogP contribution in [0.3, 0.4) is 0 Å². The zero-order chi connectivity index (χ0) is 16.4. The summed E-state index contributed by atoms with van der Waals surface area (Å²) in [4.78, 5) is 2.46. The molecule has 0 amide bonds. The van der Waals surface area contributed by atoms with E-state index in [-0.39, 0.29) is 5.54 Å². The zero-order valence-electron chi connectivity index (χ0n) is 13.9. The standard InChI is InChI=1S/C22H22N2/c1-22(19-11-4-2-5-12-19)17-24(20-13-6-3-7-14-20)16-18-10-8-9-15-21(18)23-22/h2-15,23H,16-17H2,1H3. The highest BCUT2D eigenvalue weighted by atomic mass is 15.2. The molecular formula is C22H22N2. The van der Waals surface area contributed by atoms with Crippen molar-refractivity contribution < 1.29 is 0 Å². The van der Waals surface area contributed by atoms with Gasteiger partial charge in [0.1, 0.15) is 0 Å². The minimum atomic E-state index is -0.149. The molecule has 1 atom stereocenters. The van der Waals surface area contributed by atoms with Crippen LogP contribution in [0.25, 0.3) is 0 Å². The molecule has 1 aliphatic heterocycles. The first-order valence-electron chi connectivity index (χ1n) is 8.46. The molecular weight excluding hydrogens is 292 g/mol. The molecule has 1 aliphatic rings. The number of nitrogens with one attached hydrogen (secondary N) is 1. The molecule has 0 bridgehead atoms. The molecule has 0 spiro atoms. The molecule has 0 radical (unpaired) electrons. The molecule has 2 nitrogen and oxygen atoms in total. The Labute approximate surface area is 143 Å². The van der Waals surface area contributed by atoms with Gasteiger partial charge in [-0.3, -0.25) is 0 Å². The minimum absolute atomic E-state index is 0.149. The summed E-state index contributed by atoms with van der Waals surface area (Å²) in [5, 5.41) is 3.81. The van der Waals surface area contributed by atoms with Crippen molar-refractivity contribution in [3.63, 3.8) is 0 Å². The Morgan fingerprint density at radius 1 is 0.792 bits per heavy atom. The normalized spacial score (nSPS) is 20.0. The second kappa shape index (κ2) is 6.04. The lowest BCUT2D eigenvalue weighted by atomic mass is 9.91. The number of nitrogens with zero attached hydrogens (tertiary/aromatic N) is 1. The van der Waals surface area contributed by atoms with E-state index in [1.165, 1.54) is 22.5 Å². The molecule has 3 aromatic carbocycles. The number of anilines is 2. The summed E-state index contributed by atoms with van der Waals surface area (Å²) >= 11 is 0. The van der Waals surface area contributed by atoms with Crippen LogP contribution in [-0.2, 0) is 12.1 Å². The van der Waals surface area contributed by atoms with Gasteiger partial charge < -0.3 is 10.2 Å². The highest BCUT2D eigenvalue weighted by Crippen LogP contribution is 2.35. The molecule has 24 heavy (non-hydrogen) atoms. The Morgan fingerprint density at radius 2 is 1.42 bits per heavy atom. The van der Waals surface area contributed by atoms with Crippen molar-refractivity contribution in [2.45, 2.75) is 19.0 Å². The second-order valence-electron chi connectivity index (χ2n) is 6.67. The van der Waals surface area contributed by atoms with Gasteiger partial charge in [0.2, 0.25) is 0 Å². The lowest BCUT2D eigenvalue weighted by Gasteiger charge is -2.35. The maximum absolute atomic E-state index is 3.81. The number of rotatable bonds is 2. The summed E-state index contributed by atoms with van der Waals surface area (Å²) in [5.74, 6) is 0. The van der Waals surface area contributed by atoms with E-state index in [0.29, 0.717) is 0 Å². The Morgan fingerprint density at radius 3 is 2.17 bits per heavy atom. The lowest BCUT2D eigenvalue weighted by Crippen LogP contribution is -2.42. The number of para-hydroxylation sites is 2. The summed E-state index contributed by atoms with van der Waals surface area (Å²) in [6.45, 7) is 4.12. The van der Waals surface area contributed by atoms with Crippen LogP contribution in [0.1, 0.15) is 18.1 Å². The van der Waals surface area contributed by atoms with Gasteiger partial charge >= 0.3 is 0 Å². The molecule has 4 rings (SSSR count). The molecule has 0 saturated heterocycles. The molecule has 3 aromatic rings. The SMILES string of the molecule is CC1(c2ccccc2)CN(c2ccccc2)Cc2ccccc2N1. The molecule has 1 heterocycles. The topological polar surface area (TPSA) is 15.3 Å². The van der Waals surface area contributed by atoms with Gasteiger partial charge in [0.25, 0.3) is 0 Å². The number of hydrogen-bond donors (Lipinski definition) is 1. The fourth-order valence-electron chi connectivity index (χ4n) is 3.55. The Bertz CT molecular complexity index is 814. The molecule has 2 heteroatoms. The predicted molar refractivity (Wildman–Crippen MR) is 101 cm³/mol. The van der Waals surface area contributed by atoms with Gasteiger partial charge in [-0.15, -0.1) is 0 Å². The molecule has 1 unspecified atom stereocenters. The van der Waals surface area contributed by atoms with Crippen molar-refractivity contribution in [3.8, 4) is 0 Å². The first-order valence-corrected chi connectivity index (χ1v) is 8.46. The van der Waals surface area contributed by atoms with Gasteiger partial charge in [-0.25, -0.2) is 0 Å². The Balaban J connectivity index is 1.81. The van der Waals surface area contributed by atoms with Crippen molar-refractivity contribution in [1.29, 1.82) is 0 Å². The fourth-order valence-corrected chi connectivity index (χ4v) is 3.55. The van der Waals surface area contributed by atoms with Crippen LogP contribution in [-0.4, -0.2) is 6.54 Å². The zero-order valence-corrected chi connectivity index (χ0v) is 13.9. The van der Waals surface area contributed by atoms with Gasteiger partial charge in [0.15, 0.2) is 0 Å². The smallest absolute Gasteiger partial charge is 0.0772 e. The van der Waals surface area contributed by atoms with E-state index in [2.05, 4.69) is 102 Å². The first-order chi connectivity index (χ1) is 11.7. The van der Waals surface area contributed by atoms with Crippen molar-refractivity contribution >= 4 is 11.4 Å². The van der Waals surface area contributed by atoms with E-state index < -0.39 is 0 Å². The van der Waals surface area contributed by atoms with E-state index in [1.807, 2.05) is 0 Å². The highest BCUT2D eigenvalue weighted by molar-refractivity contribution is 5.60. The Hall–Kier alpha value is -2.74. The van der Waals surface area contributed by atoms with Crippen molar-refractivity contribution in [2.75, 3.05) is 16.8 Å². The van der Waals surface area contributed by atoms with Gasteiger partial charge in [-0.2, -0.15) is 0 Å². The highest BCUT2D eigenvalue weighted by Gasteiger charge is 2.32. The van der Waals surface area contributed by atoms with Crippen LogP contribution in [0.15, 0.2) is 84.9 Å².